The average molecular weight is 485 g/mol. The van der Waals surface area contributed by atoms with Crippen LogP contribution in [0.25, 0.3) is 21.9 Å². The predicted octanol–water partition coefficient (Wildman–Crippen LogP) is 4.10. The fraction of sp³-hybridized carbons (Fsp3) is 0.360. The van der Waals surface area contributed by atoms with Gasteiger partial charge in [-0.3, -0.25) is 9.59 Å². The highest BCUT2D eigenvalue weighted by molar-refractivity contribution is 7.89. The molecule has 9 heteroatoms. The number of nitrogens with one attached hydrogen (secondary N) is 2. The third-order valence-electron chi connectivity index (χ3n) is 6.02. The van der Waals surface area contributed by atoms with E-state index in [0.29, 0.717) is 42.4 Å². The maximum absolute atomic E-state index is 12.9. The van der Waals surface area contributed by atoms with Crippen LogP contribution in [0.5, 0.6) is 0 Å². The van der Waals surface area contributed by atoms with Gasteiger partial charge in [0.25, 0.3) is 0 Å². The Hall–Kier alpha value is -3.17. The second kappa shape index (κ2) is 10.4. The topological polar surface area (TPSA) is 126 Å². The summed E-state index contributed by atoms with van der Waals surface area (Å²) in [5.41, 5.74) is 2.37. The molecule has 3 aromatic rings. The van der Waals surface area contributed by atoms with Crippen LogP contribution in [0.2, 0.25) is 0 Å². The minimum Gasteiger partial charge on any atom is -0.480 e. The largest absolute Gasteiger partial charge is 0.480 e. The molecule has 0 aliphatic heterocycles. The first-order chi connectivity index (χ1) is 16.3. The van der Waals surface area contributed by atoms with Crippen LogP contribution in [0, 0.1) is 0 Å². The Kier molecular flexibility index (Phi) is 7.33. The van der Waals surface area contributed by atoms with Crippen LogP contribution >= 0.6 is 0 Å². The summed E-state index contributed by atoms with van der Waals surface area (Å²) in [5, 5.41) is 13.8. The number of fused-ring (bicyclic) bond motifs is 3. The van der Waals surface area contributed by atoms with Gasteiger partial charge >= 0.3 is 5.97 Å². The Morgan fingerprint density at radius 2 is 1.85 bits per heavy atom. The molecular weight excluding hydrogens is 456 g/mol. The van der Waals surface area contributed by atoms with Gasteiger partial charge in [0.15, 0.2) is 0 Å². The minimum atomic E-state index is -4.06. The molecular formula is C25H28N2O6S. The average Bonchev–Trinajstić information content (AvgIpc) is 3.44. The molecule has 2 aromatic carbocycles. The number of carbonyl (C=O) groups is 2. The smallest absolute Gasteiger partial charge is 0.321 e. The van der Waals surface area contributed by atoms with Gasteiger partial charge in [-0.2, -0.15) is 4.72 Å². The number of carboxylic acid groups (broad SMARTS) is 1. The molecule has 1 amide bonds. The standard InChI is InChI=1S/C25H28N2O6S/c28-24(15-17-7-1-2-8-17)26-14-6-5-10-21(25(29)30)27-34(31,32)18-12-13-23-20(16-18)19-9-3-4-11-22(19)33-23/h3-4,7,9,11-13,16,21,27H,1-2,5-6,8,10,14-15H2,(H,26,28)(H,29,30). The van der Waals surface area contributed by atoms with Crippen LogP contribution in [-0.4, -0.2) is 38.0 Å². The van der Waals surface area contributed by atoms with Crippen LogP contribution in [0.3, 0.4) is 0 Å². The minimum absolute atomic E-state index is 0.0220. The Bertz CT molecular complexity index is 1340. The van der Waals surface area contributed by atoms with Crippen LogP contribution in [0.1, 0.15) is 44.9 Å². The van der Waals surface area contributed by atoms with Crippen LogP contribution in [0.15, 0.2) is 63.4 Å². The van der Waals surface area contributed by atoms with E-state index >= 15 is 0 Å². The summed E-state index contributed by atoms with van der Waals surface area (Å²) in [6.45, 7) is 0.426. The number of rotatable bonds is 11. The SMILES string of the molecule is O=C(CC1=CCCC1)NCCCCC(NS(=O)(=O)c1ccc2oc3ccccc3c2c1)C(=O)O. The molecule has 0 saturated heterocycles. The Labute approximate surface area is 198 Å². The summed E-state index contributed by atoms with van der Waals surface area (Å²) in [6.07, 6.45) is 6.74. The summed E-state index contributed by atoms with van der Waals surface area (Å²) >= 11 is 0. The lowest BCUT2D eigenvalue weighted by Crippen LogP contribution is -2.40. The number of carboxylic acids is 1. The van der Waals surface area contributed by atoms with E-state index in [1.165, 1.54) is 17.7 Å². The first-order valence-electron chi connectivity index (χ1n) is 11.4. The number of aliphatic carboxylic acids is 1. The van der Waals surface area contributed by atoms with Gasteiger partial charge in [-0.1, -0.05) is 29.8 Å². The molecule has 0 bridgehead atoms. The quantitative estimate of drug-likeness (QED) is 0.278. The van der Waals surface area contributed by atoms with Crippen molar-refractivity contribution < 1.29 is 27.5 Å². The van der Waals surface area contributed by atoms with Crippen LogP contribution in [0.4, 0.5) is 0 Å². The zero-order valence-electron chi connectivity index (χ0n) is 18.7. The summed E-state index contributed by atoms with van der Waals surface area (Å²) in [6, 6.07) is 10.5. The number of allylic oxidation sites excluding steroid dienone is 1. The van der Waals surface area contributed by atoms with Crippen LogP contribution < -0.4 is 10.0 Å². The highest BCUT2D eigenvalue weighted by atomic mass is 32.2. The molecule has 1 aliphatic carbocycles. The van der Waals surface area contributed by atoms with E-state index in [1.54, 1.807) is 12.1 Å². The number of para-hydroxylation sites is 1. The molecule has 1 aromatic heterocycles. The molecule has 0 radical (unpaired) electrons. The zero-order valence-corrected chi connectivity index (χ0v) is 19.6. The zero-order chi connectivity index (χ0) is 24.1. The van der Waals surface area contributed by atoms with Crippen molar-refractivity contribution in [3.8, 4) is 0 Å². The van der Waals surface area contributed by atoms with Gasteiger partial charge < -0.3 is 14.8 Å². The maximum atomic E-state index is 12.9. The number of amides is 1. The van der Waals surface area contributed by atoms with Gasteiger partial charge in [-0.05, 0) is 62.8 Å². The summed E-state index contributed by atoms with van der Waals surface area (Å²) < 4.78 is 33.9. The molecule has 1 unspecified atom stereocenters. The third-order valence-corrected chi connectivity index (χ3v) is 7.49. The van der Waals surface area contributed by atoms with Gasteiger partial charge in [-0.15, -0.1) is 0 Å². The van der Waals surface area contributed by atoms with Crippen molar-refractivity contribution in [3.05, 3.63) is 54.1 Å². The van der Waals surface area contributed by atoms with E-state index in [4.69, 9.17) is 4.42 Å². The van der Waals surface area contributed by atoms with Crippen molar-refractivity contribution in [3.63, 3.8) is 0 Å². The van der Waals surface area contributed by atoms with Crippen molar-refractivity contribution >= 4 is 43.8 Å². The summed E-state index contributed by atoms with van der Waals surface area (Å²) in [5.74, 6) is -1.28. The van der Waals surface area contributed by atoms with Crippen molar-refractivity contribution in [1.82, 2.24) is 10.0 Å². The van der Waals surface area contributed by atoms with Gasteiger partial charge in [0.05, 0.1) is 4.90 Å². The molecule has 34 heavy (non-hydrogen) atoms. The van der Waals surface area contributed by atoms with Gasteiger partial charge in [-0.25, -0.2) is 8.42 Å². The monoisotopic (exact) mass is 484 g/mol. The lowest BCUT2D eigenvalue weighted by molar-refractivity contribution is -0.139. The summed E-state index contributed by atoms with van der Waals surface area (Å²) in [7, 11) is -4.06. The molecule has 3 N–H and O–H groups in total. The highest BCUT2D eigenvalue weighted by Crippen LogP contribution is 2.30. The van der Waals surface area contributed by atoms with Crippen molar-refractivity contribution in [2.45, 2.75) is 55.9 Å². The number of sulfonamides is 1. The van der Waals surface area contributed by atoms with E-state index in [0.717, 1.165) is 24.6 Å². The van der Waals surface area contributed by atoms with Crippen molar-refractivity contribution in [2.24, 2.45) is 0 Å². The number of unbranched alkanes of at least 4 members (excludes halogenated alkanes) is 1. The molecule has 8 nitrogen and oxygen atoms in total. The lowest BCUT2D eigenvalue weighted by atomic mass is 10.1. The van der Waals surface area contributed by atoms with E-state index in [9.17, 15) is 23.1 Å². The van der Waals surface area contributed by atoms with E-state index in [-0.39, 0.29) is 17.2 Å². The molecule has 1 atom stereocenters. The fourth-order valence-electron chi connectivity index (χ4n) is 4.23. The fourth-order valence-corrected chi connectivity index (χ4v) is 5.48. The molecule has 1 heterocycles. The molecule has 0 saturated carbocycles. The Morgan fingerprint density at radius 3 is 2.62 bits per heavy atom. The van der Waals surface area contributed by atoms with Gasteiger partial charge in [0.1, 0.15) is 17.2 Å². The van der Waals surface area contributed by atoms with Crippen molar-refractivity contribution in [1.29, 1.82) is 0 Å². The second-order valence-corrected chi connectivity index (χ2v) is 10.3. The van der Waals surface area contributed by atoms with Gasteiger partial charge in [0, 0.05) is 23.7 Å². The van der Waals surface area contributed by atoms with Gasteiger partial charge in [0.2, 0.25) is 15.9 Å². The molecule has 4 rings (SSSR count). The number of hydrogen-bond acceptors (Lipinski definition) is 5. The predicted molar refractivity (Wildman–Crippen MR) is 129 cm³/mol. The number of hydrogen-bond donors (Lipinski definition) is 3. The van der Waals surface area contributed by atoms with E-state index in [1.807, 2.05) is 18.2 Å². The molecule has 180 valence electrons. The maximum Gasteiger partial charge on any atom is 0.321 e. The first-order valence-corrected chi connectivity index (χ1v) is 12.9. The van der Waals surface area contributed by atoms with E-state index in [2.05, 4.69) is 16.1 Å². The molecule has 1 aliphatic rings. The molecule has 0 fully saturated rings. The Morgan fingerprint density at radius 1 is 1.06 bits per heavy atom. The molecule has 0 spiro atoms. The number of furan rings is 1. The normalized spacial score (nSPS) is 14.9. The summed E-state index contributed by atoms with van der Waals surface area (Å²) in [4.78, 5) is 23.6. The third kappa shape index (κ3) is 5.66. The Balaban J connectivity index is 1.33. The van der Waals surface area contributed by atoms with Crippen LogP contribution in [-0.2, 0) is 19.6 Å². The van der Waals surface area contributed by atoms with Crippen molar-refractivity contribution in [2.75, 3.05) is 6.54 Å². The first kappa shape index (κ1) is 24.0. The lowest BCUT2D eigenvalue weighted by Gasteiger charge is -2.15. The number of benzene rings is 2. The number of carbonyl (C=O) groups excluding carboxylic acids is 1. The second-order valence-electron chi connectivity index (χ2n) is 8.55. The van der Waals surface area contributed by atoms with E-state index < -0.39 is 22.0 Å². The highest BCUT2D eigenvalue weighted by Gasteiger charge is 2.25.